The number of aromatic hydroxyl groups is 1. The van der Waals surface area contributed by atoms with Gasteiger partial charge in [0.2, 0.25) is 5.91 Å². The molecule has 5 rings (SSSR count). The van der Waals surface area contributed by atoms with Gasteiger partial charge in [0.25, 0.3) is 5.91 Å². The number of nitrogens with zero attached hydrogens (tertiary/aromatic N) is 2. The number of hydrogen-bond acceptors (Lipinski definition) is 5. The lowest BCUT2D eigenvalue weighted by Gasteiger charge is -2.29. The molecule has 0 saturated carbocycles. The van der Waals surface area contributed by atoms with Crippen LogP contribution in [0.1, 0.15) is 11.6 Å². The molecular formula is C23H17BrN2O4. The van der Waals surface area contributed by atoms with Crippen LogP contribution in [0.5, 0.6) is 5.75 Å². The number of carbonyl (C=O) groups excluding carboxylic acids is 2. The van der Waals surface area contributed by atoms with E-state index in [0.29, 0.717) is 16.9 Å². The van der Waals surface area contributed by atoms with Gasteiger partial charge >= 0.3 is 0 Å². The lowest BCUT2D eigenvalue weighted by Crippen LogP contribution is -2.37. The van der Waals surface area contributed by atoms with Crippen molar-refractivity contribution >= 4 is 39.1 Å². The zero-order valence-corrected chi connectivity index (χ0v) is 17.3. The number of rotatable bonds is 3. The molecule has 2 amide bonds. The number of halogens is 1. The van der Waals surface area contributed by atoms with Crippen molar-refractivity contribution in [1.82, 2.24) is 0 Å². The highest BCUT2D eigenvalue weighted by molar-refractivity contribution is 9.10. The van der Waals surface area contributed by atoms with Crippen molar-refractivity contribution in [2.24, 2.45) is 5.92 Å². The van der Waals surface area contributed by atoms with Gasteiger partial charge in [-0.1, -0.05) is 52.3 Å². The van der Waals surface area contributed by atoms with Gasteiger partial charge in [-0.25, -0.2) is 9.96 Å². The van der Waals surface area contributed by atoms with Crippen LogP contribution in [0.15, 0.2) is 83.3 Å². The highest BCUT2D eigenvalue weighted by Crippen LogP contribution is 2.49. The normalized spacial score (nSPS) is 23.2. The molecule has 30 heavy (non-hydrogen) atoms. The summed E-state index contributed by atoms with van der Waals surface area (Å²) in [5.74, 6) is -1.49. The first-order valence-electron chi connectivity index (χ1n) is 9.48. The third-order valence-corrected chi connectivity index (χ3v) is 5.99. The Balaban J connectivity index is 1.60. The Morgan fingerprint density at radius 2 is 1.47 bits per heavy atom. The molecule has 0 spiro atoms. The molecule has 1 N–H and O–H groups in total. The van der Waals surface area contributed by atoms with E-state index in [1.165, 1.54) is 4.90 Å². The maximum Gasteiger partial charge on any atom is 0.266 e. The van der Waals surface area contributed by atoms with Crippen molar-refractivity contribution in [2.45, 2.75) is 12.1 Å². The number of benzene rings is 3. The first-order chi connectivity index (χ1) is 14.6. The molecule has 150 valence electrons. The topological polar surface area (TPSA) is 70.1 Å². The number of para-hydroxylation sites is 2. The van der Waals surface area contributed by atoms with Crippen LogP contribution in [0.4, 0.5) is 11.4 Å². The molecule has 2 aliphatic rings. The Labute approximate surface area is 181 Å². The summed E-state index contributed by atoms with van der Waals surface area (Å²) in [5.41, 5.74) is 1.73. The molecular weight excluding hydrogens is 448 g/mol. The number of imide groups is 1. The highest BCUT2D eigenvalue weighted by Gasteiger charge is 2.60. The summed E-state index contributed by atoms with van der Waals surface area (Å²) in [4.78, 5) is 33.9. The first kappa shape index (κ1) is 18.8. The molecule has 2 fully saturated rings. The average molecular weight is 465 g/mol. The Morgan fingerprint density at radius 3 is 2.17 bits per heavy atom. The second-order valence-electron chi connectivity index (χ2n) is 7.21. The van der Waals surface area contributed by atoms with Crippen molar-refractivity contribution in [3.05, 3.63) is 88.9 Å². The number of phenols is 1. The number of fused-ring (bicyclic) bond motifs is 1. The van der Waals surface area contributed by atoms with E-state index in [9.17, 15) is 14.7 Å². The molecule has 0 aromatic heterocycles. The van der Waals surface area contributed by atoms with Gasteiger partial charge in [-0.05, 0) is 42.5 Å². The summed E-state index contributed by atoms with van der Waals surface area (Å²) in [7, 11) is 0. The van der Waals surface area contributed by atoms with Gasteiger partial charge in [0.15, 0.2) is 6.10 Å². The van der Waals surface area contributed by atoms with E-state index in [4.69, 9.17) is 4.84 Å². The highest BCUT2D eigenvalue weighted by atomic mass is 79.9. The fraction of sp³-hybridized carbons (Fsp3) is 0.130. The van der Waals surface area contributed by atoms with Crippen LogP contribution in [0.25, 0.3) is 0 Å². The van der Waals surface area contributed by atoms with Crippen LogP contribution in [-0.4, -0.2) is 23.0 Å². The van der Waals surface area contributed by atoms with E-state index < -0.39 is 24.0 Å². The van der Waals surface area contributed by atoms with Crippen molar-refractivity contribution in [3.8, 4) is 5.75 Å². The minimum atomic E-state index is -0.967. The van der Waals surface area contributed by atoms with Crippen LogP contribution in [0.3, 0.4) is 0 Å². The van der Waals surface area contributed by atoms with E-state index in [1.807, 2.05) is 30.3 Å². The van der Waals surface area contributed by atoms with Gasteiger partial charge in [0.1, 0.15) is 11.7 Å². The van der Waals surface area contributed by atoms with Crippen LogP contribution in [-0.2, 0) is 14.4 Å². The lowest BCUT2D eigenvalue weighted by molar-refractivity contribution is -0.126. The van der Waals surface area contributed by atoms with Crippen molar-refractivity contribution in [2.75, 3.05) is 9.96 Å². The van der Waals surface area contributed by atoms with Gasteiger partial charge in [0, 0.05) is 10.0 Å². The summed E-state index contributed by atoms with van der Waals surface area (Å²) >= 11 is 3.37. The maximum absolute atomic E-state index is 13.5. The molecule has 0 unspecified atom stereocenters. The Bertz CT molecular complexity index is 1120. The van der Waals surface area contributed by atoms with Gasteiger partial charge < -0.3 is 5.11 Å². The molecule has 3 aromatic rings. The van der Waals surface area contributed by atoms with Crippen molar-refractivity contribution < 1.29 is 19.5 Å². The molecule has 0 aliphatic carbocycles. The fourth-order valence-corrected chi connectivity index (χ4v) is 4.38. The molecule has 0 bridgehead atoms. The third kappa shape index (κ3) is 2.89. The predicted molar refractivity (Wildman–Crippen MR) is 115 cm³/mol. The molecule has 2 aliphatic heterocycles. The minimum Gasteiger partial charge on any atom is -0.508 e. The second-order valence-corrected chi connectivity index (χ2v) is 8.12. The summed E-state index contributed by atoms with van der Waals surface area (Å²) in [6.45, 7) is 0. The SMILES string of the molecule is O=C1[C@H]2[C@@H](c3ccccc3O)N(c3ccccc3)O[C@H]2C(=O)N1c1ccc(Br)cc1. The van der Waals surface area contributed by atoms with Gasteiger partial charge in [0.05, 0.1) is 17.4 Å². The summed E-state index contributed by atoms with van der Waals surface area (Å²) in [6.07, 6.45) is -0.967. The molecule has 2 heterocycles. The van der Waals surface area contributed by atoms with E-state index in [2.05, 4.69) is 15.9 Å². The average Bonchev–Trinajstić information content (AvgIpc) is 3.26. The number of hydrogen-bond donors (Lipinski definition) is 1. The van der Waals surface area contributed by atoms with Gasteiger partial charge in [-0.15, -0.1) is 0 Å². The smallest absolute Gasteiger partial charge is 0.266 e. The molecule has 3 atom stereocenters. The predicted octanol–water partition coefficient (Wildman–Crippen LogP) is 4.21. The summed E-state index contributed by atoms with van der Waals surface area (Å²) in [6, 6.07) is 22.4. The number of hydroxylamine groups is 1. The molecule has 0 radical (unpaired) electrons. The van der Waals surface area contributed by atoms with Crippen LogP contribution in [0, 0.1) is 5.92 Å². The van der Waals surface area contributed by atoms with E-state index in [-0.39, 0.29) is 11.7 Å². The van der Waals surface area contributed by atoms with Crippen LogP contribution in [0.2, 0.25) is 0 Å². The zero-order chi connectivity index (χ0) is 20.8. The standard InChI is InChI=1S/C23H17BrN2O4/c24-14-10-12-15(13-11-14)25-22(28)19-20(17-8-4-5-9-18(17)27)26(30-21(19)23(25)29)16-6-2-1-3-7-16/h1-13,19-21,27H/t19-,20+,21+/m0/s1. The Kier molecular flexibility index (Phi) is 4.56. The third-order valence-electron chi connectivity index (χ3n) is 5.47. The van der Waals surface area contributed by atoms with Crippen LogP contribution < -0.4 is 9.96 Å². The monoisotopic (exact) mass is 464 g/mol. The number of anilines is 2. The van der Waals surface area contributed by atoms with E-state index >= 15 is 0 Å². The minimum absolute atomic E-state index is 0.0509. The molecule has 7 heteroatoms. The van der Waals surface area contributed by atoms with E-state index in [1.54, 1.807) is 53.6 Å². The number of amides is 2. The van der Waals surface area contributed by atoms with Gasteiger partial charge in [-0.3, -0.25) is 14.4 Å². The van der Waals surface area contributed by atoms with Crippen LogP contribution >= 0.6 is 15.9 Å². The largest absolute Gasteiger partial charge is 0.508 e. The molecule has 6 nitrogen and oxygen atoms in total. The summed E-state index contributed by atoms with van der Waals surface area (Å²) < 4.78 is 0.851. The lowest BCUT2D eigenvalue weighted by atomic mass is 9.90. The Hall–Kier alpha value is -3.16. The second kappa shape index (κ2) is 7.27. The van der Waals surface area contributed by atoms with Crippen molar-refractivity contribution in [3.63, 3.8) is 0 Å². The quantitative estimate of drug-likeness (QED) is 0.588. The molecule has 2 saturated heterocycles. The molecule has 3 aromatic carbocycles. The maximum atomic E-state index is 13.5. The summed E-state index contributed by atoms with van der Waals surface area (Å²) in [5, 5.41) is 12.1. The number of phenolic OH excluding ortho intramolecular Hbond substituents is 1. The fourth-order valence-electron chi connectivity index (χ4n) is 4.11. The van der Waals surface area contributed by atoms with E-state index in [0.717, 1.165) is 4.47 Å². The number of carbonyl (C=O) groups is 2. The Morgan fingerprint density at radius 1 is 0.800 bits per heavy atom. The first-order valence-corrected chi connectivity index (χ1v) is 10.3. The van der Waals surface area contributed by atoms with Crippen molar-refractivity contribution in [1.29, 1.82) is 0 Å². The zero-order valence-electron chi connectivity index (χ0n) is 15.7. The van der Waals surface area contributed by atoms with Gasteiger partial charge in [-0.2, -0.15) is 0 Å².